The van der Waals surface area contributed by atoms with Gasteiger partial charge in [-0.1, -0.05) is 49.7 Å². The zero-order valence-corrected chi connectivity index (χ0v) is 16.9. The number of amides is 1. The molecule has 3 aromatic carbocycles. The van der Waals surface area contributed by atoms with Crippen LogP contribution in [0.15, 0.2) is 72.8 Å². The van der Waals surface area contributed by atoms with Crippen LogP contribution >= 0.6 is 11.6 Å². The minimum Gasteiger partial charge on any atom is -0.489 e. The third kappa shape index (κ3) is 5.37. The lowest BCUT2D eigenvalue weighted by Gasteiger charge is -2.11. The van der Waals surface area contributed by atoms with Crippen molar-refractivity contribution in [1.29, 1.82) is 0 Å². The van der Waals surface area contributed by atoms with Crippen LogP contribution in [0.4, 0.5) is 5.69 Å². The van der Waals surface area contributed by atoms with Crippen molar-refractivity contribution >= 4 is 23.2 Å². The summed E-state index contributed by atoms with van der Waals surface area (Å²) < 4.78 is 5.72. The van der Waals surface area contributed by atoms with Crippen LogP contribution in [0.2, 0.25) is 5.02 Å². The number of ether oxygens (including phenoxy) is 1. The summed E-state index contributed by atoms with van der Waals surface area (Å²) in [7, 11) is 0. The maximum atomic E-state index is 12.5. The van der Waals surface area contributed by atoms with Crippen LogP contribution in [0.25, 0.3) is 0 Å². The van der Waals surface area contributed by atoms with Gasteiger partial charge < -0.3 is 10.1 Å². The van der Waals surface area contributed by atoms with Gasteiger partial charge in [0, 0.05) is 16.3 Å². The number of anilines is 1. The van der Waals surface area contributed by atoms with Crippen LogP contribution in [0.5, 0.6) is 5.75 Å². The highest BCUT2D eigenvalue weighted by Crippen LogP contribution is 2.21. The molecule has 1 atom stereocenters. The van der Waals surface area contributed by atoms with Crippen molar-refractivity contribution in [2.75, 3.05) is 5.32 Å². The van der Waals surface area contributed by atoms with Crippen molar-refractivity contribution < 1.29 is 9.53 Å². The zero-order valence-electron chi connectivity index (χ0n) is 16.1. The lowest BCUT2D eigenvalue weighted by molar-refractivity contribution is 0.102. The molecule has 1 N–H and O–H groups in total. The number of nitrogens with one attached hydrogen (secondary N) is 1. The van der Waals surface area contributed by atoms with Crippen LogP contribution in [-0.2, 0) is 6.61 Å². The van der Waals surface area contributed by atoms with E-state index < -0.39 is 0 Å². The molecule has 3 rings (SSSR count). The van der Waals surface area contributed by atoms with Gasteiger partial charge in [0.15, 0.2) is 0 Å². The summed E-state index contributed by atoms with van der Waals surface area (Å²) in [6.45, 7) is 4.80. The molecule has 3 aromatic rings. The molecule has 0 spiro atoms. The minimum absolute atomic E-state index is 0.124. The van der Waals surface area contributed by atoms with Gasteiger partial charge in [-0.3, -0.25) is 4.79 Å². The molecule has 0 radical (unpaired) electrons. The maximum Gasteiger partial charge on any atom is 0.255 e. The maximum absolute atomic E-state index is 12.5. The van der Waals surface area contributed by atoms with Crippen molar-refractivity contribution in [3.63, 3.8) is 0 Å². The first-order chi connectivity index (χ1) is 13.5. The second kappa shape index (κ2) is 9.43. The summed E-state index contributed by atoms with van der Waals surface area (Å²) >= 11 is 5.87. The molecule has 0 fully saturated rings. The SMILES string of the molecule is CC[C@@H](C)c1ccc(NC(=O)c2ccc(COc3ccc(Cl)cc3)cc2)cc1. The fraction of sp³-hybridized carbons (Fsp3) is 0.208. The van der Waals surface area contributed by atoms with Crippen LogP contribution in [-0.4, -0.2) is 5.91 Å². The van der Waals surface area contributed by atoms with Gasteiger partial charge in [0.05, 0.1) is 0 Å². The van der Waals surface area contributed by atoms with Gasteiger partial charge in [0.2, 0.25) is 0 Å². The van der Waals surface area contributed by atoms with E-state index in [1.807, 2.05) is 48.5 Å². The highest BCUT2D eigenvalue weighted by molar-refractivity contribution is 6.30. The van der Waals surface area contributed by atoms with Gasteiger partial charge in [-0.05, 0) is 72.0 Å². The monoisotopic (exact) mass is 393 g/mol. The van der Waals surface area contributed by atoms with Crippen molar-refractivity contribution in [1.82, 2.24) is 0 Å². The van der Waals surface area contributed by atoms with E-state index in [-0.39, 0.29) is 5.91 Å². The van der Waals surface area contributed by atoms with E-state index in [9.17, 15) is 4.79 Å². The number of halogens is 1. The average molecular weight is 394 g/mol. The summed E-state index contributed by atoms with van der Waals surface area (Å²) in [5, 5.41) is 3.62. The number of carbonyl (C=O) groups is 1. The van der Waals surface area contributed by atoms with E-state index in [1.165, 1.54) is 5.56 Å². The zero-order chi connectivity index (χ0) is 19.9. The molecular weight excluding hydrogens is 370 g/mol. The highest BCUT2D eigenvalue weighted by atomic mass is 35.5. The van der Waals surface area contributed by atoms with Crippen molar-refractivity contribution in [2.24, 2.45) is 0 Å². The van der Waals surface area contributed by atoms with Crippen molar-refractivity contribution in [3.05, 3.63) is 94.5 Å². The first-order valence-electron chi connectivity index (χ1n) is 9.43. The second-order valence-corrected chi connectivity index (χ2v) is 7.26. The van der Waals surface area contributed by atoms with Crippen LogP contribution in [0.3, 0.4) is 0 Å². The molecule has 144 valence electrons. The normalized spacial score (nSPS) is 11.7. The van der Waals surface area contributed by atoms with Crippen LogP contribution in [0.1, 0.15) is 47.7 Å². The Morgan fingerprint density at radius 3 is 2.21 bits per heavy atom. The Morgan fingerprint density at radius 2 is 1.61 bits per heavy atom. The Hall–Kier alpha value is -2.78. The fourth-order valence-electron chi connectivity index (χ4n) is 2.78. The molecular formula is C24H24ClNO2. The van der Waals surface area contributed by atoms with Gasteiger partial charge in [0.1, 0.15) is 12.4 Å². The standard InChI is InChI=1S/C24H24ClNO2/c1-3-17(2)19-8-12-22(13-9-19)26-24(27)20-6-4-18(5-7-20)16-28-23-14-10-21(25)11-15-23/h4-15,17H,3,16H2,1-2H3,(H,26,27)/t17-/m1/s1. The highest BCUT2D eigenvalue weighted by Gasteiger charge is 2.08. The van der Waals surface area contributed by atoms with E-state index in [4.69, 9.17) is 16.3 Å². The summed E-state index contributed by atoms with van der Waals surface area (Å²) in [6, 6.07) is 22.7. The third-order valence-corrected chi connectivity index (χ3v) is 5.04. The van der Waals surface area contributed by atoms with Gasteiger partial charge >= 0.3 is 0 Å². The molecule has 0 saturated heterocycles. The lowest BCUT2D eigenvalue weighted by atomic mass is 9.98. The van der Waals surface area contributed by atoms with E-state index in [0.717, 1.165) is 23.4 Å². The summed E-state index contributed by atoms with van der Waals surface area (Å²) in [5.41, 5.74) is 3.68. The smallest absolute Gasteiger partial charge is 0.255 e. The Bertz CT molecular complexity index is 903. The Morgan fingerprint density at radius 1 is 0.964 bits per heavy atom. The topological polar surface area (TPSA) is 38.3 Å². The minimum atomic E-state index is -0.124. The summed E-state index contributed by atoms with van der Waals surface area (Å²) in [6.07, 6.45) is 1.10. The molecule has 0 aromatic heterocycles. The summed E-state index contributed by atoms with van der Waals surface area (Å²) in [4.78, 5) is 12.5. The lowest BCUT2D eigenvalue weighted by Crippen LogP contribution is -2.12. The van der Waals surface area contributed by atoms with Gasteiger partial charge in [-0.2, -0.15) is 0 Å². The molecule has 0 bridgehead atoms. The van der Waals surface area contributed by atoms with Gasteiger partial charge in [-0.25, -0.2) is 0 Å². The molecule has 1 amide bonds. The molecule has 0 heterocycles. The molecule has 3 nitrogen and oxygen atoms in total. The molecule has 0 aliphatic rings. The van der Waals surface area contributed by atoms with E-state index in [2.05, 4.69) is 31.3 Å². The predicted octanol–water partition coefficient (Wildman–Crippen LogP) is 6.68. The molecule has 0 saturated carbocycles. The third-order valence-electron chi connectivity index (χ3n) is 4.79. The van der Waals surface area contributed by atoms with E-state index in [1.54, 1.807) is 12.1 Å². The Kier molecular flexibility index (Phi) is 6.72. The molecule has 0 aliphatic carbocycles. The Labute approximate surface area is 171 Å². The number of hydrogen-bond donors (Lipinski definition) is 1. The summed E-state index contributed by atoms with van der Waals surface area (Å²) in [5.74, 6) is 1.15. The van der Waals surface area contributed by atoms with Crippen molar-refractivity contribution in [2.45, 2.75) is 32.8 Å². The molecule has 0 aliphatic heterocycles. The van der Waals surface area contributed by atoms with Crippen molar-refractivity contribution in [3.8, 4) is 5.75 Å². The molecule has 28 heavy (non-hydrogen) atoms. The number of benzene rings is 3. The van der Waals surface area contributed by atoms with Crippen LogP contribution in [0, 0.1) is 0 Å². The van der Waals surface area contributed by atoms with Gasteiger partial charge in [0.25, 0.3) is 5.91 Å². The number of hydrogen-bond acceptors (Lipinski definition) is 2. The Balaban J connectivity index is 1.56. The number of carbonyl (C=O) groups excluding carboxylic acids is 1. The molecule has 0 unspecified atom stereocenters. The van der Waals surface area contributed by atoms with E-state index >= 15 is 0 Å². The second-order valence-electron chi connectivity index (χ2n) is 6.82. The largest absolute Gasteiger partial charge is 0.489 e. The number of rotatable bonds is 7. The molecule has 4 heteroatoms. The fourth-order valence-corrected chi connectivity index (χ4v) is 2.91. The predicted molar refractivity (Wildman–Crippen MR) is 115 cm³/mol. The first-order valence-corrected chi connectivity index (χ1v) is 9.81. The van der Waals surface area contributed by atoms with Crippen LogP contribution < -0.4 is 10.1 Å². The quantitative estimate of drug-likeness (QED) is 0.485. The average Bonchev–Trinajstić information content (AvgIpc) is 2.73. The first kappa shape index (κ1) is 20.0. The van der Waals surface area contributed by atoms with Gasteiger partial charge in [-0.15, -0.1) is 0 Å². The van der Waals surface area contributed by atoms with E-state index in [0.29, 0.717) is 23.1 Å².